The van der Waals surface area contributed by atoms with Gasteiger partial charge in [-0.15, -0.1) is 0 Å². The zero-order chi connectivity index (χ0) is 19.8. The Bertz CT molecular complexity index is 820. The first-order chi connectivity index (χ1) is 13.7. The Balaban J connectivity index is 1.39. The van der Waals surface area contributed by atoms with Gasteiger partial charge in [0.1, 0.15) is 0 Å². The van der Waals surface area contributed by atoms with Gasteiger partial charge in [-0.25, -0.2) is 0 Å². The minimum Gasteiger partial charge on any atom is -0.493 e. The number of hydrogen-bond acceptors (Lipinski definition) is 5. The number of carbonyl (C=O) groups is 2. The van der Waals surface area contributed by atoms with Gasteiger partial charge in [0.2, 0.25) is 0 Å². The fraction of sp³-hybridized carbons (Fsp3) is 0.364. The van der Waals surface area contributed by atoms with Gasteiger partial charge < -0.3 is 19.5 Å². The summed E-state index contributed by atoms with van der Waals surface area (Å²) in [5.41, 5.74) is 2.42. The van der Waals surface area contributed by atoms with Crippen LogP contribution in [0.25, 0.3) is 0 Å². The van der Waals surface area contributed by atoms with Crippen molar-refractivity contribution in [2.75, 3.05) is 20.3 Å². The van der Waals surface area contributed by atoms with Crippen LogP contribution in [0.15, 0.2) is 48.5 Å². The van der Waals surface area contributed by atoms with E-state index in [1.807, 2.05) is 30.3 Å². The van der Waals surface area contributed by atoms with Crippen molar-refractivity contribution in [3.63, 3.8) is 0 Å². The van der Waals surface area contributed by atoms with Crippen molar-refractivity contribution in [3.8, 4) is 11.5 Å². The van der Waals surface area contributed by atoms with Gasteiger partial charge >= 0.3 is 5.97 Å². The first-order valence-electron chi connectivity index (χ1n) is 9.46. The van der Waals surface area contributed by atoms with Gasteiger partial charge in [0.15, 0.2) is 18.1 Å². The molecule has 0 saturated carbocycles. The van der Waals surface area contributed by atoms with E-state index in [1.165, 1.54) is 5.56 Å². The number of aryl methyl sites for hydroxylation is 1. The molecule has 3 rings (SSSR count). The number of carbonyl (C=O) groups excluding carboxylic acids is 2. The number of ether oxygens (including phenoxy) is 3. The van der Waals surface area contributed by atoms with Crippen molar-refractivity contribution in [1.29, 1.82) is 0 Å². The van der Waals surface area contributed by atoms with E-state index >= 15 is 0 Å². The highest BCUT2D eigenvalue weighted by atomic mass is 16.5. The number of fused-ring (bicyclic) bond motifs is 1. The summed E-state index contributed by atoms with van der Waals surface area (Å²) in [6.45, 7) is -0.136. The molecule has 0 unspecified atom stereocenters. The second kappa shape index (κ2) is 9.78. The molecule has 0 radical (unpaired) electrons. The number of rotatable bonds is 8. The van der Waals surface area contributed by atoms with Crippen LogP contribution in [0.4, 0.5) is 0 Å². The van der Waals surface area contributed by atoms with E-state index in [4.69, 9.17) is 14.2 Å². The second-order valence-corrected chi connectivity index (χ2v) is 6.62. The molecule has 0 bridgehead atoms. The topological polar surface area (TPSA) is 73.9 Å². The van der Waals surface area contributed by atoms with E-state index in [2.05, 4.69) is 11.4 Å². The Hall–Kier alpha value is -3.02. The molecule has 0 spiro atoms. The summed E-state index contributed by atoms with van der Waals surface area (Å²) in [5, 5.41) is 2.96. The average molecular weight is 383 g/mol. The molecule has 1 atom stereocenters. The summed E-state index contributed by atoms with van der Waals surface area (Å²) in [6.07, 6.45) is 3.01. The maximum absolute atomic E-state index is 12.2. The summed E-state index contributed by atoms with van der Waals surface area (Å²) in [7, 11) is 1.56. The zero-order valence-corrected chi connectivity index (χ0v) is 16.0. The molecule has 0 saturated heterocycles. The maximum atomic E-state index is 12.2. The molecule has 1 aliphatic rings. The highest BCUT2D eigenvalue weighted by molar-refractivity contribution is 5.81. The molecule has 1 amide bonds. The molecule has 2 aromatic carbocycles. The number of methoxy groups -OCH3 is 1. The third-order valence-corrected chi connectivity index (χ3v) is 4.70. The highest BCUT2D eigenvalue weighted by Gasteiger charge is 2.21. The van der Waals surface area contributed by atoms with Crippen LogP contribution >= 0.6 is 0 Å². The quantitative estimate of drug-likeness (QED) is 0.709. The monoisotopic (exact) mass is 383 g/mol. The van der Waals surface area contributed by atoms with Gasteiger partial charge in [0.05, 0.1) is 26.2 Å². The van der Waals surface area contributed by atoms with Crippen LogP contribution in [0, 0.1) is 0 Å². The molecular formula is C22H25NO5. The van der Waals surface area contributed by atoms with Crippen LogP contribution in [0.2, 0.25) is 0 Å². The Labute approximate surface area is 164 Å². The fourth-order valence-corrected chi connectivity index (χ4v) is 3.34. The summed E-state index contributed by atoms with van der Waals surface area (Å²) in [5.74, 6) is 0.393. The third-order valence-electron chi connectivity index (χ3n) is 4.70. The van der Waals surface area contributed by atoms with Crippen molar-refractivity contribution >= 4 is 11.9 Å². The van der Waals surface area contributed by atoms with E-state index in [0.29, 0.717) is 11.5 Å². The Morgan fingerprint density at radius 2 is 1.82 bits per heavy atom. The number of benzene rings is 2. The molecule has 0 aromatic heterocycles. The third kappa shape index (κ3) is 5.25. The molecule has 2 aromatic rings. The SMILES string of the molecule is COc1ccccc1OCCC(=O)OCC(=O)N[C@H]1CCCc2ccccc21. The van der Waals surface area contributed by atoms with Gasteiger partial charge in [-0.3, -0.25) is 9.59 Å². The van der Waals surface area contributed by atoms with Crippen LogP contribution in [0.1, 0.15) is 36.4 Å². The maximum Gasteiger partial charge on any atom is 0.309 e. The number of para-hydroxylation sites is 2. The largest absolute Gasteiger partial charge is 0.493 e. The summed E-state index contributed by atoms with van der Waals surface area (Å²) in [6, 6.07) is 15.3. The minimum absolute atomic E-state index is 0.0231. The van der Waals surface area contributed by atoms with E-state index in [9.17, 15) is 9.59 Å². The predicted octanol–water partition coefficient (Wildman–Crippen LogP) is 3.20. The number of amides is 1. The molecule has 6 heteroatoms. The highest BCUT2D eigenvalue weighted by Crippen LogP contribution is 2.29. The van der Waals surface area contributed by atoms with Crippen LogP contribution in [0.5, 0.6) is 11.5 Å². The molecule has 6 nitrogen and oxygen atoms in total. The lowest BCUT2D eigenvalue weighted by molar-refractivity contribution is -0.149. The lowest BCUT2D eigenvalue weighted by Crippen LogP contribution is -2.34. The molecule has 1 aliphatic carbocycles. The lowest BCUT2D eigenvalue weighted by Gasteiger charge is -2.26. The minimum atomic E-state index is -0.478. The Kier molecular flexibility index (Phi) is 6.89. The van der Waals surface area contributed by atoms with E-state index < -0.39 is 5.97 Å². The molecule has 0 fully saturated rings. The summed E-state index contributed by atoms with van der Waals surface area (Å²) in [4.78, 5) is 24.0. The first kappa shape index (κ1) is 19.7. The fourth-order valence-electron chi connectivity index (χ4n) is 3.34. The Morgan fingerprint density at radius 1 is 1.07 bits per heavy atom. The zero-order valence-electron chi connectivity index (χ0n) is 16.0. The second-order valence-electron chi connectivity index (χ2n) is 6.62. The smallest absolute Gasteiger partial charge is 0.309 e. The van der Waals surface area contributed by atoms with Gasteiger partial charge in [0.25, 0.3) is 5.91 Å². The molecule has 28 heavy (non-hydrogen) atoms. The van der Waals surface area contributed by atoms with Crippen molar-refractivity contribution in [2.45, 2.75) is 31.7 Å². The molecule has 0 aliphatic heterocycles. The van der Waals surface area contributed by atoms with Crippen LogP contribution in [-0.2, 0) is 20.7 Å². The van der Waals surface area contributed by atoms with Gasteiger partial charge in [-0.1, -0.05) is 36.4 Å². The standard InChI is InChI=1S/C22H25NO5/c1-26-19-11-4-5-12-20(19)27-14-13-22(25)28-15-21(24)23-18-10-6-8-16-7-2-3-9-17(16)18/h2-5,7,9,11-12,18H,6,8,10,13-15H2,1H3,(H,23,24)/t18-/m0/s1. The first-order valence-corrected chi connectivity index (χ1v) is 9.46. The summed E-state index contributed by atoms with van der Waals surface area (Å²) >= 11 is 0. The van der Waals surface area contributed by atoms with Crippen molar-refractivity contribution in [3.05, 3.63) is 59.7 Å². The van der Waals surface area contributed by atoms with Crippen molar-refractivity contribution in [2.24, 2.45) is 0 Å². The van der Waals surface area contributed by atoms with Gasteiger partial charge in [-0.2, -0.15) is 0 Å². The van der Waals surface area contributed by atoms with Gasteiger partial charge in [0, 0.05) is 0 Å². The molecule has 1 N–H and O–H groups in total. The normalized spacial score (nSPS) is 15.2. The van der Waals surface area contributed by atoms with Crippen molar-refractivity contribution in [1.82, 2.24) is 5.32 Å². The molecule has 0 heterocycles. The molecular weight excluding hydrogens is 358 g/mol. The van der Waals surface area contributed by atoms with E-state index in [1.54, 1.807) is 19.2 Å². The number of esters is 1. The predicted molar refractivity (Wildman–Crippen MR) is 104 cm³/mol. The Morgan fingerprint density at radius 3 is 2.64 bits per heavy atom. The van der Waals surface area contributed by atoms with Crippen LogP contribution in [-0.4, -0.2) is 32.2 Å². The van der Waals surface area contributed by atoms with Crippen LogP contribution in [0.3, 0.4) is 0 Å². The van der Waals surface area contributed by atoms with Crippen LogP contribution < -0.4 is 14.8 Å². The van der Waals surface area contributed by atoms with E-state index in [0.717, 1.165) is 24.8 Å². The van der Waals surface area contributed by atoms with Crippen molar-refractivity contribution < 1.29 is 23.8 Å². The van der Waals surface area contributed by atoms with Gasteiger partial charge in [-0.05, 0) is 42.5 Å². The number of hydrogen-bond donors (Lipinski definition) is 1. The summed E-state index contributed by atoms with van der Waals surface area (Å²) < 4.78 is 15.8. The molecule has 148 valence electrons. The number of nitrogens with one attached hydrogen (secondary N) is 1. The van der Waals surface area contributed by atoms with E-state index in [-0.39, 0.29) is 31.6 Å². The lowest BCUT2D eigenvalue weighted by atomic mass is 9.88. The average Bonchev–Trinajstić information content (AvgIpc) is 2.73.